The van der Waals surface area contributed by atoms with Crippen LogP contribution in [0.15, 0.2) is 34.1 Å². The van der Waals surface area contributed by atoms with Crippen LogP contribution in [0.4, 0.5) is 0 Å². The summed E-state index contributed by atoms with van der Waals surface area (Å²) in [4.78, 5) is 13.0. The van der Waals surface area contributed by atoms with Crippen LogP contribution in [0.5, 0.6) is 11.5 Å². The van der Waals surface area contributed by atoms with Crippen LogP contribution in [-0.4, -0.2) is 22.7 Å². The lowest BCUT2D eigenvalue weighted by Gasteiger charge is -2.05. The molecule has 3 N–H and O–H groups in total. The number of benzene rings is 1. The van der Waals surface area contributed by atoms with Crippen molar-refractivity contribution in [1.82, 2.24) is 5.32 Å². The third-order valence-electron chi connectivity index (χ3n) is 2.45. The maximum atomic E-state index is 11.8. The smallest absolute Gasteiger partial charge is 0.251 e. The normalized spacial score (nSPS) is 10.4. The number of amides is 1. The second-order valence-electron chi connectivity index (χ2n) is 3.95. The highest BCUT2D eigenvalue weighted by atomic mass is 79.9. The first-order chi connectivity index (χ1) is 9.04. The van der Waals surface area contributed by atoms with E-state index in [-0.39, 0.29) is 23.0 Å². The van der Waals surface area contributed by atoms with Crippen molar-refractivity contribution in [2.45, 2.75) is 6.42 Å². The molecule has 0 unspecified atom stereocenters. The molecule has 19 heavy (non-hydrogen) atoms. The fourth-order valence-corrected chi connectivity index (χ4v) is 3.10. The molecule has 1 heterocycles. The van der Waals surface area contributed by atoms with E-state index in [1.165, 1.54) is 23.1 Å². The minimum Gasteiger partial charge on any atom is -0.508 e. The monoisotopic (exact) mass is 341 g/mol. The number of rotatable bonds is 4. The fraction of sp³-hybridized carbons (Fsp3) is 0.154. The summed E-state index contributed by atoms with van der Waals surface area (Å²) in [5.74, 6) is -0.582. The largest absolute Gasteiger partial charge is 0.508 e. The molecule has 1 aromatic heterocycles. The predicted molar refractivity (Wildman–Crippen MR) is 77.8 cm³/mol. The third kappa shape index (κ3) is 3.97. The molecule has 0 spiro atoms. The van der Waals surface area contributed by atoms with E-state index < -0.39 is 0 Å². The number of phenolic OH excluding ortho intramolecular Hbond substituents is 2. The van der Waals surface area contributed by atoms with E-state index in [1.54, 1.807) is 11.3 Å². The van der Waals surface area contributed by atoms with Gasteiger partial charge >= 0.3 is 0 Å². The van der Waals surface area contributed by atoms with Crippen molar-refractivity contribution < 1.29 is 15.0 Å². The van der Waals surface area contributed by atoms with Crippen LogP contribution >= 0.6 is 27.3 Å². The summed E-state index contributed by atoms with van der Waals surface area (Å²) < 4.78 is 1.06. The molecule has 1 amide bonds. The van der Waals surface area contributed by atoms with Crippen LogP contribution in [0.3, 0.4) is 0 Å². The summed E-state index contributed by atoms with van der Waals surface area (Å²) in [5.41, 5.74) is 0.241. The third-order valence-corrected chi connectivity index (χ3v) is 4.13. The average Bonchev–Trinajstić information content (AvgIpc) is 2.73. The van der Waals surface area contributed by atoms with Gasteiger partial charge in [0, 0.05) is 23.1 Å². The van der Waals surface area contributed by atoms with Crippen LogP contribution in [0.1, 0.15) is 15.2 Å². The Hall–Kier alpha value is -1.53. The Bertz CT molecular complexity index is 577. The van der Waals surface area contributed by atoms with Gasteiger partial charge in [-0.2, -0.15) is 0 Å². The molecule has 0 atom stereocenters. The van der Waals surface area contributed by atoms with E-state index in [9.17, 15) is 15.0 Å². The fourth-order valence-electron chi connectivity index (χ4n) is 1.61. The zero-order valence-electron chi connectivity index (χ0n) is 9.89. The predicted octanol–water partition coefficient (Wildman–Crippen LogP) is 2.89. The lowest BCUT2D eigenvalue weighted by Crippen LogP contribution is -2.25. The molecule has 1 aromatic carbocycles. The molecule has 0 bridgehead atoms. The molecule has 0 aliphatic heterocycles. The number of halogens is 1. The van der Waals surface area contributed by atoms with Gasteiger partial charge in [0.2, 0.25) is 0 Å². The molecule has 2 aromatic rings. The average molecular weight is 342 g/mol. The zero-order valence-corrected chi connectivity index (χ0v) is 12.3. The second kappa shape index (κ2) is 6.08. The molecule has 0 aliphatic rings. The van der Waals surface area contributed by atoms with Crippen molar-refractivity contribution in [3.63, 3.8) is 0 Å². The van der Waals surface area contributed by atoms with E-state index in [0.29, 0.717) is 6.54 Å². The van der Waals surface area contributed by atoms with Crippen molar-refractivity contribution in [1.29, 1.82) is 0 Å². The molecule has 100 valence electrons. The summed E-state index contributed by atoms with van der Waals surface area (Å²) in [7, 11) is 0. The van der Waals surface area contributed by atoms with E-state index in [1.807, 2.05) is 12.1 Å². The summed E-state index contributed by atoms with van der Waals surface area (Å²) >= 11 is 5.01. The molecular formula is C13H12BrNO3S. The molecule has 6 heteroatoms. The van der Waals surface area contributed by atoms with Crippen molar-refractivity contribution >= 4 is 33.2 Å². The van der Waals surface area contributed by atoms with E-state index >= 15 is 0 Å². The minimum absolute atomic E-state index is 0.132. The van der Waals surface area contributed by atoms with Gasteiger partial charge in [-0.1, -0.05) is 0 Å². The Morgan fingerprint density at radius 2 is 1.89 bits per heavy atom. The number of hydrogen-bond donors (Lipinski definition) is 3. The molecule has 0 saturated carbocycles. The number of hydrogen-bond acceptors (Lipinski definition) is 4. The Labute approximate surface area is 122 Å². The van der Waals surface area contributed by atoms with Crippen LogP contribution < -0.4 is 5.32 Å². The highest BCUT2D eigenvalue weighted by Gasteiger charge is 2.08. The number of carbonyl (C=O) groups is 1. The zero-order chi connectivity index (χ0) is 13.8. The topological polar surface area (TPSA) is 69.6 Å². The van der Waals surface area contributed by atoms with Crippen LogP contribution in [0.25, 0.3) is 0 Å². The maximum absolute atomic E-state index is 11.8. The number of aromatic hydroxyl groups is 2. The van der Waals surface area contributed by atoms with E-state index in [2.05, 4.69) is 21.2 Å². The van der Waals surface area contributed by atoms with Crippen molar-refractivity contribution in [2.24, 2.45) is 0 Å². The van der Waals surface area contributed by atoms with Gasteiger partial charge < -0.3 is 15.5 Å². The van der Waals surface area contributed by atoms with Gasteiger partial charge in [0.15, 0.2) is 0 Å². The molecule has 2 rings (SSSR count). The minimum atomic E-state index is -0.318. The maximum Gasteiger partial charge on any atom is 0.251 e. The van der Waals surface area contributed by atoms with Gasteiger partial charge in [-0.05, 0) is 46.6 Å². The SMILES string of the molecule is O=C(NCCc1ccc(Br)s1)c1cc(O)cc(O)c1. The first kappa shape index (κ1) is 13.9. The Morgan fingerprint density at radius 1 is 1.21 bits per heavy atom. The highest BCUT2D eigenvalue weighted by molar-refractivity contribution is 9.11. The molecule has 0 radical (unpaired) electrons. The Morgan fingerprint density at radius 3 is 2.47 bits per heavy atom. The van der Waals surface area contributed by atoms with Crippen molar-refractivity contribution in [3.8, 4) is 11.5 Å². The number of nitrogens with one attached hydrogen (secondary N) is 1. The molecule has 0 fully saturated rings. The van der Waals surface area contributed by atoms with Gasteiger partial charge in [-0.3, -0.25) is 4.79 Å². The number of phenols is 2. The first-order valence-electron chi connectivity index (χ1n) is 5.60. The lowest BCUT2D eigenvalue weighted by atomic mass is 10.2. The van der Waals surface area contributed by atoms with Gasteiger partial charge in [-0.25, -0.2) is 0 Å². The molecule has 0 aliphatic carbocycles. The quantitative estimate of drug-likeness (QED) is 0.800. The van der Waals surface area contributed by atoms with Crippen LogP contribution in [0.2, 0.25) is 0 Å². The summed E-state index contributed by atoms with van der Waals surface area (Å²) in [6.45, 7) is 0.502. The van der Waals surface area contributed by atoms with Crippen LogP contribution in [0, 0.1) is 0 Å². The number of carbonyl (C=O) groups excluding carboxylic acids is 1. The van der Waals surface area contributed by atoms with Gasteiger partial charge in [0.1, 0.15) is 11.5 Å². The van der Waals surface area contributed by atoms with E-state index in [4.69, 9.17) is 0 Å². The Balaban J connectivity index is 1.90. The lowest BCUT2D eigenvalue weighted by molar-refractivity contribution is 0.0953. The Kier molecular flexibility index (Phi) is 4.44. The highest BCUT2D eigenvalue weighted by Crippen LogP contribution is 2.22. The van der Waals surface area contributed by atoms with Gasteiger partial charge in [0.05, 0.1) is 3.79 Å². The molecular weight excluding hydrogens is 330 g/mol. The number of thiophene rings is 1. The summed E-state index contributed by atoms with van der Waals surface area (Å²) in [6.07, 6.45) is 0.743. The van der Waals surface area contributed by atoms with Crippen molar-refractivity contribution in [2.75, 3.05) is 6.54 Å². The van der Waals surface area contributed by atoms with Gasteiger partial charge in [0.25, 0.3) is 5.91 Å². The second-order valence-corrected chi connectivity index (χ2v) is 6.50. The summed E-state index contributed by atoms with van der Waals surface area (Å²) in [5, 5.41) is 21.4. The molecule has 0 saturated heterocycles. The van der Waals surface area contributed by atoms with Gasteiger partial charge in [-0.15, -0.1) is 11.3 Å². The van der Waals surface area contributed by atoms with E-state index in [0.717, 1.165) is 10.2 Å². The molecule has 4 nitrogen and oxygen atoms in total. The summed E-state index contributed by atoms with van der Waals surface area (Å²) in [6, 6.07) is 7.78. The first-order valence-corrected chi connectivity index (χ1v) is 7.21. The van der Waals surface area contributed by atoms with Crippen molar-refractivity contribution in [3.05, 3.63) is 44.6 Å². The van der Waals surface area contributed by atoms with Crippen LogP contribution in [-0.2, 0) is 6.42 Å². The standard InChI is InChI=1S/C13H12BrNO3S/c14-12-2-1-11(19-12)3-4-15-13(18)8-5-9(16)7-10(17)6-8/h1-2,5-7,16-17H,3-4H2,(H,15,18).